The molecule has 2 amide bonds. The molecule has 0 aromatic heterocycles. The number of nitrogens with zero attached hydrogens (tertiary/aromatic N) is 1. The van der Waals surface area contributed by atoms with Gasteiger partial charge in [0.25, 0.3) is 0 Å². The molecule has 0 saturated heterocycles. The standard InChI is InChI=1S/C25H46N2O6/c1-6-7-8-10-14-22(28)27(18-13-16-24(30)33-5)21(19-20(2)3)25(31)26-17-12-9-11-15-23(29)32-4/h20-21H,6-19H2,1-5H3,(H,26,31). The zero-order chi connectivity index (χ0) is 25.1. The van der Waals surface area contributed by atoms with Crippen molar-refractivity contribution in [1.29, 1.82) is 0 Å². The van der Waals surface area contributed by atoms with E-state index in [4.69, 9.17) is 4.74 Å². The van der Waals surface area contributed by atoms with Crippen molar-refractivity contribution in [3.05, 3.63) is 0 Å². The van der Waals surface area contributed by atoms with Gasteiger partial charge in [0.15, 0.2) is 0 Å². The SMILES string of the molecule is CCCCCCC(=O)N(CCCC(=O)OC)C(CC(C)C)C(=O)NCCCCCC(=O)OC. The average Bonchev–Trinajstić information content (AvgIpc) is 2.79. The Morgan fingerprint density at radius 2 is 1.36 bits per heavy atom. The van der Waals surface area contributed by atoms with E-state index < -0.39 is 6.04 Å². The highest BCUT2D eigenvalue weighted by Gasteiger charge is 2.30. The fourth-order valence-electron chi connectivity index (χ4n) is 3.62. The fourth-order valence-corrected chi connectivity index (χ4v) is 3.62. The summed E-state index contributed by atoms with van der Waals surface area (Å²) in [7, 11) is 2.72. The number of hydrogen-bond acceptors (Lipinski definition) is 6. The summed E-state index contributed by atoms with van der Waals surface area (Å²) in [6.07, 6.45) is 8.27. The lowest BCUT2D eigenvalue weighted by Crippen LogP contribution is -2.50. The Hall–Kier alpha value is -2.12. The van der Waals surface area contributed by atoms with E-state index in [0.717, 1.165) is 38.5 Å². The Balaban J connectivity index is 5.03. The van der Waals surface area contributed by atoms with Crippen molar-refractivity contribution in [2.24, 2.45) is 5.92 Å². The van der Waals surface area contributed by atoms with Crippen LogP contribution in [0.5, 0.6) is 0 Å². The van der Waals surface area contributed by atoms with Gasteiger partial charge < -0.3 is 19.7 Å². The van der Waals surface area contributed by atoms with Crippen molar-refractivity contribution in [1.82, 2.24) is 10.2 Å². The van der Waals surface area contributed by atoms with Gasteiger partial charge in [-0.3, -0.25) is 19.2 Å². The van der Waals surface area contributed by atoms with E-state index in [1.54, 1.807) is 4.90 Å². The largest absolute Gasteiger partial charge is 0.469 e. The molecule has 1 N–H and O–H groups in total. The number of hydrogen-bond donors (Lipinski definition) is 1. The predicted octanol–water partition coefficient (Wildman–Crippen LogP) is 4.00. The molecule has 0 aromatic rings. The van der Waals surface area contributed by atoms with Gasteiger partial charge in [-0.1, -0.05) is 46.5 Å². The number of unbranched alkanes of at least 4 members (excludes halogenated alkanes) is 5. The molecule has 192 valence electrons. The molecule has 0 aliphatic carbocycles. The summed E-state index contributed by atoms with van der Waals surface area (Å²) in [4.78, 5) is 50.5. The van der Waals surface area contributed by atoms with Crippen LogP contribution < -0.4 is 5.32 Å². The van der Waals surface area contributed by atoms with Crippen molar-refractivity contribution in [3.63, 3.8) is 0 Å². The first kappa shape index (κ1) is 30.9. The first-order valence-electron chi connectivity index (χ1n) is 12.5. The van der Waals surface area contributed by atoms with Gasteiger partial charge in [-0.05, 0) is 38.0 Å². The summed E-state index contributed by atoms with van der Waals surface area (Å²) < 4.78 is 9.35. The quantitative estimate of drug-likeness (QED) is 0.226. The lowest BCUT2D eigenvalue weighted by Gasteiger charge is -2.32. The minimum atomic E-state index is -0.559. The van der Waals surface area contributed by atoms with E-state index in [9.17, 15) is 19.2 Å². The van der Waals surface area contributed by atoms with Gasteiger partial charge in [0.05, 0.1) is 14.2 Å². The van der Waals surface area contributed by atoms with Crippen molar-refractivity contribution in [2.75, 3.05) is 27.3 Å². The third kappa shape index (κ3) is 15.4. The van der Waals surface area contributed by atoms with Gasteiger partial charge >= 0.3 is 11.9 Å². The van der Waals surface area contributed by atoms with Gasteiger partial charge in [0.2, 0.25) is 11.8 Å². The monoisotopic (exact) mass is 470 g/mol. The Bertz CT molecular complexity index is 579. The second-order valence-corrected chi connectivity index (χ2v) is 8.90. The number of nitrogens with one attached hydrogen (secondary N) is 1. The molecule has 0 spiro atoms. The minimum absolute atomic E-state index is 0.0325. The minimum Gasteiger partial charge on any atom is -0.469 e. The van der Waals surface area contributed by atoms with Gasteiger partial charge in [0, 0.05) is 32.4 Å². The Morgan fingerprint density at radius 1 is 0.788 bits per heavy atom. The summed E-state index contributed by atoms with van der Waals surface area (Å²) in [6.45, 7) is 7.04. The summed E-state index contributed by atoms with van der Waals surface area (Å²) >= 11 is 0. The van der Waals surface area contributed by atoms with Crippen molar-refractivity contribution in [3.8, 4) is 0 Å². The average molecular weight is 471 g/mol. The van der Waals surface area contributed by atoms with Gasteiger partial charge in [-0.2, -0.15) is 0 Å². The Kier molecular flexibility index (Phi) is 18.1. The molecule has 1 atom stereocenters. The van der Waals surface area contributed by atoms with Crippen LogP contribution in [0.4, 0.5) is 0 Å². The van der Waals surface area contributed by atoms with Crippen LogP contribution in [0.3, 0.4) is 0 Å². The predicted molar refractivity (Wildman–Crippen MR) is 128 cm³/mol. The molecular weight excluding hydrogens is 424 g/mol. The summed E-state index contributed by atoms with van der Waals surface area (Å²) in [6, 6.07) is -0.559. The van der Waals surface area contributed by atoms with Crippen molar-refractivity contribution < 1.29 is 28.7 Å². The third-order valence-corrected chi connectivity index (χ3v) is 5.53. The van der Waals surface area contributed by atoms with E-state index in [-0.39, 0.29) is 36.1 Å². The van der Waals surface area contributed by atoms with Crippen LogP contribution in [0.2, 0.25) is 0 Å². The van der Waals surface area contributed by atoms with Gasteiger partial charge in [-0.25, -0.2) is 0 Å². The van der Waals surface area contributed by atoms with Crippen LogP contribution >= 0.6 is 0 Å². The van der Waals surface area contributed by atoms with E-state index in [0.29, 0.717) is 45.2 Å². The Labute approximate surface area is 200 Å². The molecule has 0 aromatic carbocycles. The summed E-state index contributed by atoms with van der Waals surface area (Å²) in [5, 5.41) is 2.97. The smallest absolute Gasteiger partial charge is 0.305 e. The second kappa shape index (κ2) is 19.4. The van der Waals surface area contributed by atoms with E-state index in [1.165, 1.54) is 14.2 Å². The van der Waals surface area contributed by atoms with Crippen LogP contribution in [0, 0.1) is 5.92 Å². The van der Waals surface area contributed by atoms with Gasteiger partial charge in [-0.15, -0.1) is 0 Å². The normalized spacial score (nSPS) is 11.7. The third-order valence-electron chi connectivity index (χ3n) is 5.53. The molecule has 0 radical (unpaired) electrons. The first-order valence-corrected chi connectivity index (χ1v) is 12.5. The molecular formula is C25H46N2O6. The fraction of sp³-hybridized carbons (Fsp3) is 0.840. The molecule has 0 rings (SSSR count). The molecule has 0 heterocycles. The van der Waals surface area contributed by atoms with Crippen LogP contribution in [-0.2, 0) is 28.7 Å². The van der Waals surface area contributed by atoms with Gasteiger partial charge in [0.1, 0.15) is 6.04 Å². The molecule has 0 bridgehead atoms. The molecule has 0 aliphatic heterocycles. The maximum Gasteiger partial charge on any atom is 0.305 e. The molecule has 0 saturated carbocycles. The van der Waals surface area contributed by atoms with E-state index in [1.807, 2.05) is 13.8 Å². The number of carbonyl (C=O) groups is 4. The number of ether oxygens (including phenoxy) is 2. The molecule has 8 nitrogen and oxygen atoms in total. The molecule has 0 aliphatic rings. The highest BCUT2D eigenvalue weighted by atomic mass is 16.5. The summed E-state index contributed by atoms with van der Waals surface area (Å²) in [5.41, 5.74) is 0. The maximum absolute atomic E-state index is 13.1. The number of carbonyl (C=O) groups excluding carboxylic acids is 4. The van der Waals surface area contributed by atoms with Crippen LogP contribution in [-0.4, -0.2) is 62.0 Å². The molecule has 8 heteroatoms. The van der Waals surface area contributed by atoms with E-state index >= 15 is 0 Å². The lowest BCUT2D eigenvalue weighted by atomic mass is 10.00. The van der Waals surface area contributed by atoms with Crippen LogP contribution in [0.25, 0.3) is 0 Å². The topological polar surface area (TPSA) is 102 Å². The van der Waals surface area contributed by atoms with Crippen molar-refractivity contribution in [2.45, 2.75) is 104 Å². The number of amides is 2. The van der Waals surface area contributed by atoms with E-state index in [2.05, 4.69) is 17.0 Å². The zero-order valence-electron chi connectivity index (χ0n) is 21.5. The number of rotatable bonds is 19. The lowest BCUT2D eigenvalue weighted by molar-refractivity contribution is -0.143. The maximum atomic E-state index is 13.1. The highest BCUT2D eigenvalue weighted by molar-refractivity contribution is 5.87. The zero-order valence-corrected chi connectivity index (χ0v) is 21.5. The Morgan fingerprint density at radius 3 is 1.94 bits per heavy atom. The summed E-state index contributed by atoms with van der Waals surface area (Å²) in [5.74, 6) is -0.499. The molecule has 1 unspecified atom stereocenters. The van der Waals surface area contributed by atoms with Crippen molar-refractivity contribution >= 4 is 23.8 Å². The molecule has 0 fully saturated rings. The second-order valence-electron chi connectivity index (χ2n) is 8.90. The number of esters is 2. The number of methoxy groups -OCH3 is 2. The first-order chi connectivity index (χ1) is 15.8. The molecule has 33 heavy (non-hydrogen) atoms. The van der Waals surface area contributed by atoms with Crippen LogP contribution in [0.15, 0.2) is 0 Å². The van der Waals surface area contributed by atoms with Crippen LogP contribution in [0.1, 0.15) is 97.8 Å². The highest BCUT2D eigenvalue weighted by Crippen LogP contribution is 2.17.